The van der Waals surface area contributed by atoms with Gasteiger partial charge < -0.3 is 5.11 Å². The van der Waals surface area contributed by atoms with Crippen molar-refractivity contribution >= 4 is 0 Å². The monoisotopic (exact) mass is 197 g/mol. The molecule has 2 unspecified atom stereocenters. The van der Waals surface area contributed by atoms with Gasteiger partial charge in [0.15, 0.2) is 0 Å². The van der Waals surface area contributed by atoms with Crippen LogP contribution in [0.2, 0.25) is 0 Å². The van der Waals surface area contributed by atoms with Crippen molar-refractivity contribution in [3.05, 3.63) is 0 Å². The maximum Gasteiger partial charge on any atom is 0.0652 e. The fraction of sp³-hybridized carbons (Fsp3) is 0.917. The molecule has 0 radical (unpaired) electrons. The van der Waals surface area contributed by atoms with Crippen molar-refractivity contribution in [3.8, 4) is 6.07 Å². The van der Waals surface area contributed by atoms with Gasteiger partial charge in [-0.15, -0.1) is 0 Å². The summed E-state index contributed by atoms with van der Waals surface area (Å²) < 4.78 is 0. The summed E-state index contributed by atoms with van der Waals surface area (Å²) in [4.78, 5) is 0. The van der Waals surface area contributed by atoms with Gasteiger partial charge in [-0.2, -0.15) is 5.26 Å². The third kappa shape index (κ3) is 8.07. The first-order valence-electron chi connectivity index (χ1n) is 5.71. The maximum atomic E-state index is 8.81. The van der Waals surface area contributed by atoms with Gasteiger partial charge in [0, 0.05) is 12.5 Å². The molecule has 0 spiro atoms. The molecule has 14 heavy (non-hydrogen) atoms. The molecule has 0 aromatic heterocycles. The van der Waals surface area contributed by atoms with Crippen LogP contribution in [-0.2, 0) is 0 Å². The lowest BCUT2D eigenvalue weighted by Crippen LogP contribution is -1.99. The fourth-order valence-corrected chi connectivity index (χ4v) is 1.45. The van der Waals surface area contributed by atoms with E-state index in [4.69, 9.17) is 10.4 Å². The van der Waals surface area contributed by atoms with E-state index in [1.54, 1.807) is 0 Å². The zero-order chi connectivity index (χ0) is 10.8. The zero-order valence-corrected chi connectivity index (χ0v) is 9.50. The normalized spacial score (nSPS) is 14.7. The lowest BCUT2D eigenvalue weighted by molar-refractivity contribution is 0.227. The van der Waals surface area contributed by atoms with Gasteiger partial charge in [-0.1, -0.05) is 32.6 Å². The Kier molecular flexibility index (Phi) is 8.67. The Bertz CT molecular complexity index is 162. The molecule has 0 bridgehead atoms. The van der Waals surface area contributed by atoms with Crippen molar-refractivity contribution in [2.45, 2.75) is 52.4 Å². The van der Waals surface area contributed by atoms with Crippen molar-refractivity contribution in [2.75, 3.05) is 6.61 Å². The Morgan fingerprint density at radius 3 is 2.14 bits per heavy atom. The molecule has 0 aliphatic heterocycles. The first-order valence-corrected chi connectivity index (χ1v) is 5.71. The van der Waals surface area contributed by atoms with Crippen molar-refractivity contribution in [2.24, 2.45) is 11.8 Å². The Morgan fingerprint density at radius 1 is 1.07 bits per heavy atom. The molecule has 0 amide bonds. The molecule has 0 aromatic carbocycles. The second kappa shape index (κ2) is 9.02. The van der Waals surface area contributed by atoms with Gasteiger partial charge in [0.1, 0.15) is 0 Å². The molecule has 2 heteroatoms. The largest absolute Gasteiger partial charge is 0.396 e. The Labute approximate surface area is 87.9 Å². The van der Waals surface area contributed by atoms with Crippen LogP contribution < -0.4 is 0 Å². The number of unbranched alkanes of at least 4 members (excludes halogenated alkanes) is 3. The summed E-state index contributed by atoms with van der Waals surface area (Å²) in [7, 11) is 0. The molecule has 0 fully saturated rings. The van der Waals surface area contributed by atoms with Crippen LogP contribution in [0, 0.1) is 23.2 Å². The highest BCUT2D eigenvalue weighted by Gasteiger charge is 2.00. The standard InChI is InChI=1S/C12H23NO/c1-11(9-13)7-5-3-4-6-8-12(2)10-14/h11-12,14H,3-8,10H2,1-2H3. The Balaban J connectivity index is 3.11. The summed E-state index contributed by atoms with van der Waals surface area (Å²) in [5.41, 5.74) is 0. The number of nitriles is 1. The second-order valence-corrected chi connectivity index (χ2v) is 4.31. The highest BCUT2D eigenvalue weighted by atomic mass is 16.3. The number of aliphatic hydroxyl groups is 1. The molecule has 0 aliphatic carbocycles. The molecular formula is C12H23NO. The summed E-state index contributed by atoms with van der Waals surface area (Å²) in [5.74, 6) is 0.666. The van der Waals surface area contributed by atoms with Crippen LogP contribution in [0.5, 0.6) is 0 Å². The molecule has 2 nitrogen and oxygen atoms in total. The van der Waals surface area contributed by atoms with Crippen LogP contribution in [0.1, 0.15) is 52.4 Å². The van der Waals surface area contributed by atoms with E-state index in [1.807, 2.05) is 6.92 Å². The lowest BCUT2D eigenvalue weighted by atomic mass is 10.0. The van der Waals surface area contributed by atoms with Crippen LogP contribution in [-0.4, -0.2) is 11.7 Å². The predicted molar refractivity (Wildman–Crippen MR) is 58.7 cm³/mol. The molecule has 1 N–H and O–H groups in total. The molecular weight excluding hydrogens is 174 g/mol. The van der Waals surface area contributed by atoms with Crippen LogP contribution in [0.15, 0.2) is 0 Å². The third-order valence-corrected chi connectivity index (χ3v) is 2.62. The molecule has 0 aliphatic rings. The third-order valence-electron chi connectivity index (χ3n) is 2.62. The van der Waals surface area contributed by atoms with Crippen molar-refractivity contribution in [1.82, 2.24) is 0 Å². The van der Waals surface area contributed by atoms with E-state index in [0.29, 0.717) is 12.5 Å². The molecule has 0 heterocycles. The molecule has 82 valence electrons. The fourth-order valence-electron chi connectivity index (χ4n) is 1.45. The Hall–Kier alpha value is -0.550. The molecule has 0 rings (SSSR count). The van der Waals surface area contributed by atoms with Crippen LogP contribution in [0.3, 0.4) is 0 Å². The minimum atomic E-state index is 0.214. The first-order chi connectivity index (χ1) is 6.70. The summed E-state index contributed by atoms with van der Waals surface area (Å²) in [6.07, 6.45) is 7.01. The molecule has 0 aromatic rings. The van der Waals surface area contributed by atoms with E-state index >= 15 is 0 Å². The summed E-state index contributed by atoms with van der Waals surface area (Å²) >= 11 is 0. The molecule has 0 saturated heterocycles. The summed E-state index contributed by atoms with van der Waals surface area (Å²) in [6.45, 7) is 4.37. The highest BCUT2D eigenvalue weighted by Crippen LogP contribution is 2.13. The number of nitrogens with zero attached hydrogens (tertiary/aromatic N) is 1. The van der Waals surface area contributed by atoms with E-state index in [2.05, 4.69) is 13.0 Å². The van der Waals surface area contributed by atoms with E-state index in [-0.39, 0.29) is 5.92 Å². The lowest BCUT2D eigenvalue weighted by Gasteiger charge is -2.07. The van der Waals surface area contributed by atoms with Gasteiger partial charge in [0.25, 0.3) is 0 Å². The predicted octanol–water partition coefficient (Wildman–Crippen LogP) is 3.12. The average Bonchev–Trinajstić information content (AvgIpc) is 2.22. The highest BCUT2D eigenvalue weighted by molar-refractivity contribution is 4.77. The average molecular weight is 197 g/mol. The van der Waals surface area contributed by atoms with E-state index < -0.39 is 0 Å². The quantitative estimate of drug-likeness (QED) is 0.608. The van der Waals surface area contributed by atoms with Crippen LogP contribution >= 0.6 is 0 Å². The van der Waals surface area contributed by atoms with Gasteiger partial charge in [-0.05, 0) is 25.7 Å². The SMILES string of the molecule is CC(C#N)CCCCCCC(C)CO. The van der Waals surface area contributed by atoms with Crippen molar-refractivity contribution in [3.63, 3.8) is 0 Å². The topological polar surface area (TPSA) is 44.0 Å². The smallest absolute Gasteiger partial charge is 0.0652 e. The van der Waals surface area contributed by atoms with Gasteiger partial charge in [-0.25, -0.2) is 0 Å². The zero-order valence-electron chi connectivity index (χ0n) is 9.50. The van der Waals surface area contributed by atoms with Gasteiger partial charge in [0.05, 0.1) is 6.07 Å². The number of rotatable bonds is 8. The number of hydrogen-bond acceptors (Lipinski definition) is 2. The minimum Gasteiger partial charge on any atom is -0.396 e. The van der Waals surface area contributed by atoms with E-state index in [0.717, 1.165) is 12.8 Å². The van der Waals surface area contributed by atoms with Crippen molar-refractivity contribution in [1.29, 1.82) is 5.26 Å². The Morgan fingerprint density at radius 2 is 1.64 bits per heavy atom. The van der Waals surface area contributed by atoms with Gasteiger partial charge in [0.2, 0.25) is 0 Å². The summed E-state index contributed by atoms with van der Waals surface area (Å²) in [6, 6.07) is 2.25. The van der Waals surface area contributed by atoms with Crippen molar-refractivity contribution < 1.29 is 5.11 Å². The number of aliphatic hydroxyl groups excluding tert-OH is 1. The van der Waals surface area contributed by atoms with E-state index in [1.165, 1.54) is 25.7 Å². The number of hydrogen-bond donors (Lipinski definition) is 1. The van der Waals surface area contributed by atoms with Crippen LogP contribution in [0.4, 0.5) is 0 Å². The molecule has 2 atom stereocenters. The first kappa shape index (κ1) is 13.4. The van der Waals surface area contributed by atoms with Crippen LogP contribution in [0.25, 0.3) is 0 Å². The second-order valence-electron chi connectivity index (χ2n) is 4.31. The minimum absolute atomic E-state index is 0.214. The van der Waals surface area contributed by atoms with E-state index in [9.17, 15) is 0 Å². The maximum absolute atomic E-state index is 8.81. The molecule has 0 saturated carbocycles. The summed E-state index contributed by atoms with van der Waals surface area (Å²) in [5, 5.41) is 17.4. The van der Waals surface area contributed by atoms with Gasteiger partial charge in [-0.3, -0.25) is 0 Å². The van der Waals surface area contributed by atoms with Gasteiger partial charge >= 0.3 is 0 Å².